The Morgan fingerprint density at radius 2 is 2.06 bits per heavy atom. The monoisotopic (exact) mass is 240 g/mol. The number of hydrogen-bond acceptors (Lipinski definition) is 6. The van der Waals surface area contributed by atoms with Crippen LogP contribution in [-0.2, 0) is 11.3 Å². The summed E-state index contributed by atoms with van der Waals surface area (Å²) in [5.41, 5.74) is 5.85. The van der Waals surface area contributed by atoms with Gasteiger partial charge in [-0.15, -0.1) is 5.10 Å². The molecule has 1 aliphatic heterocycles. The van der Waals surface area contributed by atoms with Crippen LogP contribution < -0.4 is 10.6 Å². The second-order valence-corrected chi connectivity index (χ2v) is 4.40. The minimum atomic E-state index is 0.480. The maximum atomic E-state index is 5.85. The Balaban J connectivity index is 2.01. The fourth-order valence-electron chi connectivity index (χ4n) is 1.70. The van der Waals surface area contributed by atoms with Crippen LogP contribution in [-0.4, -0.2) is 66.6 Å². The van der Waals surface area contributed by atoms with E-state index in [1.807, 2.05) is 14.1 Å². The summed E-state index contributed by atoms with van der Waals surface area (Å²) in [5, 5.41) is 4.43. The van der Waals surface area contributed by atoms with Crippen molar-refractivity contribution >= 4 is 11.9 Å². The van der Waals surface area contributed by atoms with E-state index >= 15 is 0 Å². The number of nitrogen functional groups attached to an aromatic ring is 1. The van der Waals surface area contributed by atoms with E-state index in [1.54, 1.807) is 4.68 Å². The largest absolute Gasteiger partial charge is 0.378 e. The molecule has 0 bridgehead atoms. The molecule has 1 aromatic rings. The first kappa shape index (κ1) is 12.1. The highest BCUT2D eigenvalue weighted by Crippen LogP contribution is 2.12. The minimum absolute atomic E-state index is 0.480. The van der Waals surface area contributed by atoms with Gasteiger partial charge in [0.25, 0.3) is 0 Å². The van der Waals surface area contributed by atoms with Crippen LogP contribution in [0, 0.1) is 0 Å². The van der Waals surface area contributed by atoms with Gasteiger partial charge in [0, 0.05) is 19.6 Å². The molecule has 0 atom stereocenters. The predicted octanol–water partition coefficient (Wildman–Crippen LogP) is -0.741. The molecule has 0 spiro atoms. The molecule has 1 fully saturated rings. The number of nitrogens with zero attached hydrogens (tertiary/aromatic N) is 5. The molecule has 1 saturated heterocycles. The number of likely N-dealkylation sites (N-methyl/N-ethyl adjacent to an activating group) is 1. The lowest BCUT2D eigenvalue weighted by Gasteiger charge is -2.25. The summed E-state index contributed by atoms with van der Waals surface area (Å²) in [5.74, 6) is 1.19. The third-order valence-corrected chi connectivity index (χ3v) is 2.74. The van der Waals surface area contributed by atoms with Gasteiger partial charge in [0.15, 0.2) is 0 Å². The molecular weight excluding hydrogens is 220 g/mol. The van der Waals surface area contributed by atoms with Crippen LogP contribution in [0.5, 0.6) is 0 Å². The quantitative estimate of drug-likeness (QED) is 0.747. The third kappa shape index (κ3) is 3.07. The van der Waals surface area contributed by atoms with Crippen molar-refractivity contribution in [2.24, 2.45) is 0 Å². The van der Waals surface area contributed by atoms with E-state index in [1.165, 1.54) is 0 Å². The molecule has 0 radical (unpaired) electrons. The molecule has 2 heterocycles. The fourth-order valence-corrected chi connectivity index (χ4v) is 1.70. The molecular formula is C10H20N6O. The lowest BCUT2D eigenvalue weighted by atomic mass is 10.4. The third-order valence-electron chi connectivity index (χ3n) is 2.74. The number of aromatic nitrogens is 3. The van der Waals surface area contributed by atoms with E-state index in [0.29, 0.717) is 11.9 Å². The summed E-state index contributed by atoms with van der Waals surface area (Å²) in [6.45, 7) is 4.78. The normalized spacial score (nSPS) is 16.8. The zero-order valence-electron chi connectivity index (χ0n) is 10.5. The highest BCUT2D eigenvalue weighted by atomic mass is 16.5. The van der Waals surface area contributed by atoms with Crippen LogP contribution in [0.25, 0.3) is 0 Å². The Labute approximate surface area is 101 Å². The molecule has 96 valence electrons. The molecule has 0 saturated carbocycles. The molecule has 2 rings (SSSR count). The molecule has 0 aliphatic carbocycles. The van der Waals surface area contributed by atoms with E-state index in [-0.39, 0.29) is 0 Å². The van der Waals surface area contributed by atoms with E-state index < -0.39 is 0 Å². The lowest BCUT2D eigenvalue weighted by molar-refractivity contribution is 0.122. The molecule has 7 heteroatoms. The maximum Gasteiger partial charge on any atom is 0.246 e. The van der Waals surface area contributed by atoms with Crippen molar-refractivity contribution in [3.63, 3.8) is 0 Å². The van der Waals surface area contributed by atoms with Crippen molar-refractivity contribution < 1.29 is 4.74 Å². The van der Waals surface area contributed by atoms with Crippen LogP contribution in [0.4, 0.5) is 11.9 Å². The van der Waals surface area contributed by atoms with Gasteiger partial charge < -0.3 is 20.3 Å². The molecule has 1 aliphatic rings. The smallest absolute Gasteiger partial charge is 0.246 e. The van der Waals surface area contributed by atoms with E-state index in [0.717, 1.165) is 39.4 Å². The van der Waals surface area contributed by atoms with E-state index in [4.69, 9.17) is 10.5 Å². The Morgan fingerprint density at radius 1 is 1.35 bits per heavy atom. The standard InChI is InChI=1S/C10H20N6O/c1-14(2)3-4-16-9(11)12-10(13-16)15-5-7-17-8-6-15/h3-8H2,1-2H3,(H2,11,12,13). The second kappa shape index (κ2) is 5.33. The van der Waals surface area contributed by atoms with E-state index in [2.05, 4.69) is 19.9 Å². The van der Waals surface area contributed by atoms with Gasteiger partial charge in [0.2, 0.25) is 11.9 Å². The van der Waals surface area contributed by atoms with Crippen molar-refractivity contribution in [2.75, 3.05) is 57.6 Å². The van der Waals surface area contributed by atoms with E-state index in [9.17, 15) is 0 Å². The zero-order chi connectivity index (χ0) is 12.3. The van der Waals surface area contributed by atoms with Crippen molar-refractivity contribution in [3.8, 4) is 0 Å². The van der Waals surface area contributed by atoms with Gasteiger partial charge >= 0.3 is 0 Å². The predicted molar refractivity (Wildman–Crippen MR) is 66.0 cm³/mol. The number of hydrogen-bond donors (Lipinski definition) is 1. The van der Waals surface area contributed by atoms with Crippen LogP contribution in [0.1, 0.15) is 0 Å². The summed E-state index contributed by atoms with van der Waals surface area (Å²) < 4.78 is 7.05. The highest BCUT2D eigenvalue weighted by molar-refractivity contribution is 5.35. The number of ether oxygens (including phenoxy) is 1. The van der Waals surface area contributed by atoms with Crippen LogP contribution >= 0.6 is 0 Å². The van der Waals surface area contributed by atoms with Gasteiger partial charge in [0.05, 0.1) is 19.8 Å². The Bertz CT molecular complexity index is 358. The first-order chi connectivity index (χ1) is 8.16. The molecule has 0 unspecified atom stereocenters. The Kier molecular flexibility index (Phi) is 3.80. The minimum Gasteiger partial charge on any atom is -0.378 e. The van der Waals surface area contributed by atoms with Crippen LogP contribution in [0.15, 0.2) is 0 Å². The summed E-state index contributed by atoms with van der Waals surface area (Å²) >= 11 is 0. The first-order valence-corrected chi connectivity index (χ1v) is 5.84. The highest BCUT2D eigenvalue weighted by Gasteiger charge is 2.17. The van der Waals surface area contributed by atoms with Gasteiger partial charge in [-0.3, -0.25) is 0 Å². The van der Waals surface area contributed by atoms with Crippen molar-refractivity contribution in [3.05, 3.63) is 0 Å². The second-order valence-electron chi connectivity index (χ2n) is 4.40. The number of anilines is 2. The number of rotatable bonds is 4. The number of morpholine rings is 1. The van der Waals surface area contributed by atoms with Crippen molar-refractivity contribution in [1.29, 1.82) is 0 Å². The van der Waals surface area contributed by atoms with Gasteiger partial charge in [0.1, 0.15) is 0 Å². The summed E-state index contributed by atoms with van der Waals surface area (Å²) in [4.78, 5) is 8.49. The first-order valence-electron chi connectivity index (χ1n) is 5.84. The fraction of sp³-hybridized carbons (Fsp3) is 0.800. The summed E-state index contributed by atoms with van der Waals surface area (Å²) in [6, 6.07) is 0. The molecule has 0 aromatic carbocycles. The van der Waals surface area contributed by atoms with Gasteiger partial charge in [-0.05, 0) is 14.1 Å². The summed E-state index contributed by atoms with van der Waals surface area (Å²) in [7, 11) is 4.05. The molecule has 2 N–H and O–H groups in total. The molecule has 0 amide bonds. The SMILES string of the molecule is CN(C)CCn1nc(N2CCOCC2)nc1N. The Morgan fingerprint density at radius 3 is 2.71 bits per heavy atom. The van der Waals surface area contributed by atoms with Crippen molar-refractivity contribution in [2.45, 2.75) is 6.54 Å². The molecule has 7 nitrogen and oxygen atoms in total. The average Bonchev–Trinajstić information content (AvgIpc) is 2.69. The van der Waals surface area contributed by atoms with Gasteiger partial charge in [-0.25, -0.2) is 4.68 Å². The average molecular weight is 240 g/mol. The van der Waals surface area contributed by atoms with Crippen LogP contribution in [0.2, 0.25) is 0 Å². The lowest BCUT2D eigenvalue weighted by Crippen LogP contribution is -2.37. The van der Waals surface area contributed by atoms with Gasteiger partial charge in [-0.2, -0.15) is 4.98 Å². The van der Waals surface area contributed by atoms with Crippen LogP contribution in [0.3, 0.4) is 0 Å². The topological polar surface area (TPSA) is 72.4 Å². The maximum absolute atomic E-state index is 5.85. The molecule has 17 heavy (non-hydrogen) atoms. The Hall–Kier alpha value is -1.34. The number of nitrogens with two attached hydrogens (primary N) is 1. The molecule has 1 aromatic heterocycles. The van der Waals surface area contributed by atoms with Crippen molar-refractivity contribution in [1.82, 2.24) is 19.7 Å². The summed E-state index contributed by atoms with van der Waals surface area (Å²) in [6.07, 6.45) is 0. The zero-order valence-corrected chi connectivity index (χ0v) is 10.5. The van der Waals surface area contributed by atoms with Gasteiger partial charge in [-0.1, -0.05) is 0 Å².